The van der Waals surface area contributed by atoms with Crippen molar-refractivity contribution < 1.29 is 8.42 Å². The van der Waals surface area contributed by atoms with Crippen molar-refractivity contribution in [2.75, 3.05) is 26.4 Å². The predicted octanol–water partition coefficient (Wildman–Crippen LogP) is 1.44. The molecule has 1 N–H and O–H groups in total. The zero-order valence-electron chi connectivity index (χ0n) is 11.2. The number of nitrogens with one attached hydrogen (secondary N) is 1. The van der Waals surface area contributed by atoms with Crippen LogP contribution in [0.5, 0.6) is 0 Å². The predicted molar refractivity (Wildman–Crippen MR) is 69.1 cm³/mol. The first-order valence-corrected chi connectivity index (χ1v) is 7.50. The zero-order valence-corrected chi connectivity index (χ0v) is 12.0. The van der Waals surface area contributed by atoms with Crippen LogP contribution < -0.4 is 5.32 Å². The maximum atomic E-state index is 12.0. The summed E-state index contributed by atoms with van der Waals surface area (Å²) in [6, 6.07) is 0. The average Bonchev–Trinajstić information content (AvgIpc) is 2.23. The fourth-order valence-corrected chi connectivity index (χ4v) is 3.05. The van der Waals surface area contributed by atoms with E-state index in [4.69, 9.17) is 0 Å². The van der Waals surface area contributed by atoms with Gasteiger partial charge in [-0.15, -0.1) is 0 Å². The Morgan fingerprint density at radius 2 is 1.81 bits per heavy atom. The lowest BCUT2D eigenvalue weighted by Gasteiger charge is -2.33. The van der Waals surface area contributed by atoms with Gasteiger partial charge in [0.15, 0.2) is 0 Å². The molecule has 0 aromatic rings. The second-order valence-corrected chi connectivity index (χ2v) is 6.88. The van der Waals surface area contributed by atoms with E-state index in [1.807, 2.05) is 27.8 Å². The zero-order chi connectivity index (χ0) is 12.8. The average molecular weight is 250 g/mol. The van der Waals surface area contributed by atoms with E-state index in [1.54, 1.807) is 7.05 Å². The highest BCUT2D eigenvalue weighted by atomic mass is 32.2. The Bertz CT molecular complexity index is 286. The third-order valence-electron chi connectivity index (χ3n) is 3.21. The summed E-state index contributed by atoms with van der Waals surface area (Å²) in [7, 11) is 0.448. The highest BCUT2D eigenvalue weighted by molar-refractivity contribution is 7.89. The molecule has 0 aliphatic heterocycles. The summed E-state index contributed by atoms with van der Waals surface area (Å²) in [4.78, 5) is 0. The molecule has 4 nitrogen and oxygen atoms in total. The second kappa shape index (κ2) is 6.57. The van der Waals surface area contributed by atoms with Crippen molar-refractivity contribution >= 4 is 10.0 Å². The molecular weight excluding hydrogens is 224 g/mol. The van der Waals surface area contributed by atoms with Crippen molar-refractivity contribution in [3.05, 3.63) is 0 Å². The van der Waals surface area contributed by atoms with Crippen LogP contribution in [0.4, 0.5) is 0 Å². The molecule has 0 aliphatic carbocycles. The summed E-state index contributed by atoms with van der Waals surface area (Å²) >= 11 is 0. The molecule has 5 heteroatoms. The van der Waals surface area contributed by atoms with E-state index in [0.29, 0.717) is 6.42 Å². The first-order chi connectivity index (χ1) is 7.28. The molecule has 0 fully saturated rings. The lowest BCUT2D eigenvalue weighted by Crippen LogP contribution is -2.45. The molecule has 0 saturated heterocycles. The van der Waals surface area contributed by atoms with E-state index in [0.717, 1.165) is 19.4 Å². The number of nitrogens with zero attached hydrogens (tertiary/aromatic N) is 1. The van der Waals surface area contributed by atoms with Crippen molar-refractivity contribution in [2.24, 2.45) is 0 Å². The van der Waals surface area contributed by atoms with Crippen molar-refractivity contribution in [3.8, 4) is 0 Å². The lowest BCUT2D eigenvalue weighted by atomic mass is 10.0. The van der Waals surface area contributed by atoms with E-state index < -0.39 is 10.0 Å². The Kier molecular flexibility index (Phi) is 6.51. The van der Waals surface area contributed by atoms with Gasteiger partial charge >= 0.3 is 0 Å². The minimum Gasteiger partial charge on any atom is -0.320 e. The van der Waals surface area contributed by atoms with Crippen LogP contribution in [0.1, 0.15) is 40.0 Å². The van der Waals surface area contributed by atoms with Gasteiger partial charge in [-0.05, 0) is 46.7 Å². The fourth-order valence-electron chi connectivity index (χ4n) is 1.32. The van der Waals surface area contributed by atoms with Crippen molar-refractivity contribution in [2.45, 2.75) is 45.6 Å². The molecule has 0 saturated carbocycles. The van der Waals surface area contributed by atoms with Crippen LogP contribution in [0, 0.1) is 0 Å². The summed E-state index contributed by atoms with van der Waals surface area (Å²) in [5.41, 5.74) is -0.290. The van der Waals surface area contributed by atoms with Gasteiger partial charge in [0.2, 0.25) is 10.0 Å². The third-order valence-corrected chi connectivity index (χ3v) is 5.35. The smallest absolute Gasteiger partial charge is 0.214 e. The Morgan fingerprint density at radius 1 is 1.25 bits per heavy atom. The van der Waals surface area contributed by atoms with Crippen molar-refractivity contribution in [3.63, 3.8) is 0 Å². The summed E-state index contributed by atoms with van der Waals surface area (Å²) in [5.74, 6) is 0.245. The lowest BCUT2D eigenvalue weighted by molar-refractivity contribution is 0.257. The summed E-state index contributed by atoms with van der Waals surface area (Å²) in [6.45, 7) is 6.79. The number of hydrogen-bond donors (Lipinski definition) is 1. The van der Waals surface area contributed by atoms with Crippen LogP contribution in [-0.2, 0) is 10.0 Å². The number of sulfonamides is 1. The minimum absolute atomic E-state index is 0.245. The van der Waals surface area contributed by atoms with Crippen LogP contribution in [0.25, 0.3) is 0 Å². The molecule has 0 aliphatic rings. The summed E-state index contributed by atoms with van der Waals surface area (Å²) in [5, 5.41) is 3.02. The third kappa shape index (κ3) is 4.80. The van der Waals surface area contributed by atoms with Crippen LogP contribution in [0.15, 0.2) is 0 Å². The van der Waals surface area contributed by atoms with Gasteiger partial charge in [-0.25, -0.2) is 8.42 Å². The molecule has 16 heavy (non-hydrogen) atoms. The van der Waals surface area contributed by atoms with Gasteiger partial charge < -0.3 is 5.32 Å². The largest absolute Gasteiger partial charge is 0.320 e. The van der Waals surface area contributed by atoms with Crippen molar-refractivity contribution in [1.82, 2.24) is 9.62 Å². The molecule has 0 unspecified atom stereocenters. The minimum atomic E-state index is -3.10. The maximum Gasteiger partial charge on any atom is 0.214 e. The molecular formula is C11H26N2O2S. The Balaban J connectivity index is 4.33. The normalized spacial score (nSPS) is 13.4. The Hall–Kier alpha value is -0.130. The number of unbranched alkanes of at least 4 members (excludes halogenated alkanes) is 1. The SMILES string of the molecule is CCC(C)(C)N(C)S(=O)(=O)CCCCNC. The molecule has 0 heterocycles. The van der Waals surface area contributed by atoms with E-state index in [1.165, 1.54) is 4.31 Å². The van der Waals surface area contributed by atoms with E-state index in [9.17, 15) is 8.42 Å². The topological polar surface area (TPSA) is 49.4 Å². The monoisotopic (exact) mass is 250 g/mol. The standard InChI is InChI=1S/C11H26N2O2S/c1-6-11(2,3)13(5)16(14,15)10-8-7-9-12-4/h12H,6-10H2,1-5H3. The van der Waals surface area contributed by atoms with Gasteiger partial charge in [0, 0.05) is 12.6 Å². The number of rotatable bonds is 8. The summed E-state index contributed by atoms with van der Waals surface area (Å²) < 4.78 is 25.5. The molecule has 0 aromatic heterocycles. The van der Waals surface area contributed by atoms with Crippen molar-refractivity contribution in [1.29, 1.82) is 0 Å². The molecule has 0 amide bonds. The van der Waals surface area contributed by atoms with Gasteiger partial charge in [0.05, 0.1) is 5.75 Å². The molecule has 0 bridgehead atoms. The van der Waals surface area contributed by atoms with Crippen LogP contribution >= 0.6 is 0 Å². The molecule has 0 aromatic carbocycles. The molecule has 0 spiro atoms. The molecule has 98 valence electrons. The van der Waals surface area contributed by atoms with Gasteiger partial charge in [-0.3, -0.25) is 0 Å². The van der Waals surface area contributed by atoms with Gasteiger partial charge in [-0.2, -0.15) is 4.31 Å². The van der Waals surface area contributed by atoms with E-state index in [2.05, 4.69) is 5.32 Å². The van der Waals surface area contributed by atoms with Gasteiger partial charge in [0.1, 0.15) is 0 Å². The Labute approximate surface area is 100 Å². The highest BCUT2D eigenvalue weighted by Gasteiger charge is 2.30. The maximum absolute atomic E-state index is 12.0. The molecule has 0 rings (SSSR count). The number of hydrogen-bond acceptors (Lipinski definition) is 3. The molecule has 0 radical (unpaired) electrons. The highest BCUT2D eigenvalue weighted by Crippen LogP contribution is 2.20. The quantitative estimate of drug-likeness (QED) is 0.663. The van der Waals surface area contributed by atoms with E-state index >= 15 is 0 Å². The van der Waals surface area contributed by atoms with Crippen LogP contribution in [0.3, 0.4) is 0 Å². The molecule has 0 atom stereocenters. The Morgan fingerprint density at radius 3 is 2.25 bits per heavy atom. The van der Waals surface area contributed by atoms with Crippen LogP contribution in [0.2, 0.25) is 0 Å². The summed E-state index contributed by atoms with van der Waals surface area (Å²) in [6.07, 6.45) is 2.43. The second-order valence-electron chi connectivity index (χ2n) is 4.76. The van der Waals surface area contributed by atoms with Gasteiger partial charge in [0.25, 0.3) is 0 Å². The van der Waals surface area contributed by atoms with Crippen LogP contribution in [-0.4, -0.2) is 44.7 Å². The first kappa shape index (κ1) is 15.9. The van der Waals surface area contributed by atoms with Gasteiger partial charge in [-0.1, -0.05) is 6.92 Å². The fraction of sp³-hybridized carbons (Fsp3) is 1.00. The first-order valence-electron chi connectivity index (χ1n) is 5.89. The van der Waals surface area contributed by atoms with E-state index in [-0.39, 0.29) is 11.3 Å².